The molecule has 100 valence electrons. The fourth-order valence-corrected chi connectivity index (χ4v) is 1.66. The molecule has 0 spiro atoms. The van der Waals surface area contributed by atoms with Gasteiger partial charge in [-0.3, -0.25) is 4.79 Å². The highest BCUT2D eigenvalue weighted by Gasteiger charge is 2.32. The fourth-order valence-electron chi connectivity index (χ4n) is 1.66. The van der Waals surface area contributed by atoms with Gasteiger partial charge in [-0.1, -0.05) is 13.0 Å². The first-order chi connectivity index (χ1) is 8.31. The number of carbonyl (C=O) groups excluding carboxylic acids is 1. The van der Waals surface area contributed by atoms with Gasteiger partial charge in [0, 0.05) is 13.0 Å². The highest BCUT2D eigenvalue weighted by Crippen LogP contribution is 2.31. The van der Waals surface area contributed by atoms with Crippen LogP contribution in [0.4, 0.5) is 17.6 Å². The molecule has 2 N–H and O–H groups in total. The highest BCUT2D eigenvalue weighted by molar-refractivity contribution is 5.85. The average molecular weight is 263 g/mol. The van der Waals surface area contributed by atoms with E-state index in [0.29, 0.717) is 6.07 Å². The molecule has 0 amide bonds. The van der Waals surface area contributed by atoms with Gasteiger partial charge >= 0.3 is 6.18 Å². The van der Waals surface area contributed by atoms with Gasteiger partial charge in [0.2, 0.25) is 0 Å². The number of alkyl halides is 3. The summed E-state index contributed by atoms with van der Waals surface area (Å²) in [6, 6.07) is 2.12. The van der Waals surface area contributed by atoms with E-state index in [1.54, 1.807) is 6.92 Å². The van der Waals surface area contributed by atoms with E-state index in [1.807, 2.05) is 0 Å². The molecular formula is C12H13F4NO. The Balaban J connectivity index is 3.16. The first-order valence-electron chi connectivity index (χ1n) is 5.40. The van der Waals surface area contributed by atoms with Crippen LogP contribution in [0.1, 0.15) is 30.4 Å². The van der Waals surface area contributed by atoms with Crippen molar-refractivity contribution in [2.45, 2.75) is 25.4 Å². The molecule has 0 aliphatic rings. The second-order valence-corrected chi connectivity index (χ2v) is 3.84. The molecule has 0 aliphatic carbocycles. The van der Waals surface area contributed by atoms with Crippen molar-refractivity contribution in [3.8, 4) is 0 Å². The van der Waals surface area contributed by atoms with E-state index in [4.69, 9.17) is 5.73 Å². The van der Waals surface area contributed by atoms with Crippen molar-refractivity contribution in [3.63, 3.8) is 0 Å². The summed E-state index contributed by atoms with van der Waals surface area (Å²) >= 11 is 0. The van der Waals surface area contributed by atoms with Crippen LogP contribution in [0.15, 0.2) is 18.2 Å². The van der Waals surface area contributed by atoms with Gasteiger partial charge < -0.3 is 5.73 Å². The number of ketones is 1. The predicted molar refractivity (Wildman–Crippen MR) is 58.5 cm³/mol. The average Bonchev–Trinajstić information content (AvgIpc) is 2.30. The Kier molecular flexibility index (Phi) is 4.45. The van der Waals surface area contributed by atoms with Crippen molar-refractivity contribution in [2.75, 3.05) is 6.54 Å². The molecule has 0 saturated heterocycles. The Morgan fingerprint density at radius 2 is 2.00 bits per heavy atom. The Hall–Kier alpha value is -1.43. The van der Waals surface area contributed by atoms with Gasteiger partial charge in [-0.25, -0.2) is 4.39 Å². The number of hydrogen-bond donors (Lipinski definition) is 1. The quantitative estimate of drug-likeness (QED) is 0.849. The second-order valence-electron chi connectivity index (χ2n) is 3.84. The van der Waals surface area contributed by atoms with E-state index in [9.17, 15) is 22.4 Å². The lowest BCUT2D eigenvalue weighted by Crippen LogP contribution is -2.22. The van der Waals surface area contributed by atoms with Crippen LogP contribution in [-0.2, 0) is 11.0 Å². The predicted octanol–water partition coefficient (Wildman–Crippen LogP) is 2.87. The van der Waals surface area contributed by atoms with Crippen molar-refractivity contribution in [1.29, 1.82) is 0 Å². The molecule has 0 radical (unpaired) electrons. The smallest absolute Gasteiger partial charge is 0.329 e. The Labute approximate surface area is 102 Å². The number of benzene rings is 1. The minimum Gasteiger partial charge on any atom is -0.329 e. The molecule has 1 rings (SSSR count). The lowest BCUT2D eigenvalue weighted by Gasteiger charge is -2.15. The van der Waals surface area contributed by atoms with Crippen LogP contribution in [0, 0.1) is 5.82 Å². The molecule has 0 heterocycles. The van der Waals surface area contributed by atoms with Crippen molar-refractivity contribution < 1.29 is 22.4 Å². The van der Waals surface area contributed by atoms with Crippen LogP contribution in [-0.4, -0.2) is 12.3 Å². The molecule has 1 aromatic carbocycles. The van der Waals surface area contributed by atoms with Crippen LogP contribution in [0.25, 0.3) is 0 Å². The molecule has 0 aromatic heterocycles. The molecule has 1 atom stereocenters. The molecule has 1 aromatic rings. The van der Waals surface area contributed by atoms with E-state index < -0.39 is 23.5 Å². The maximum atomic E-state index is 13.6. The molecule has 0 aliphatic heterocycles. The molecule has 0 unspecified atom stereocenters. The summed E-state index contributed by atoms with van der Waals surface area (Å²) in [5, 5.41) is 0. The van der Waals surface area contributed by atoms with Crippen LogP contribution in [0.5, 0.6) is 0 Å². The molecule has 0 fully saturated rings. The Morgan fingerprint density at radius 1 is 1.39 bits per heavy atom. The largest absolute Gasteiger partial charge is 0.416 e. The van der Waals surface area contributed by atoms with Gasteiger partial charge in [0.25, 0.3) is 0 Å². The third kappa shape index (κ3) is 3.07. The number of rotatable bonds is 4. The third-order valence-corrected chi connectivity index (χ3v) is 2.68. The molecular weight excluding hydrogens is 250 g/mol. The molecule has 2 nitrogen and oxygen atoms in total. The maximum absolute atomic E-state index is 13.6. The minimum atomic E-state index is -4.60. The summed E-state index contributed by atoms with van der Waals surface area (Å²) in [4.78, 5) is 11.5. The molecule has 0 saturated carbocycles. The summed E-state index contributed by atoms with van der Waals surface area (Å²) in [5.74, 6) is -2.24. The van der Waals surface area contributed by atoms with Crippen LogP contribution in [0.2, 0.25) is 0 Å². The molecule has 18 heavy (non-hydrogen) atoms. The SMILES string of the molecule is CCC(=O)[C@H](CN)c1ccc(C(F)(F)F)cc1F. The van der Waals surface area contributed by atoms with Crippen molar-refractivity contribution in [1.82, 2.24) is 0 Å². The fraction of sp³-hybridized carbons (Fsp3) is 0.417. The summed E-state index contributed by atoms with van der Waals surface area (Å²) in [6.07, 6.45) is -4.45. The molecule has 6 heteroatoms. The number of carbonyl (C=O) groups is 1. The number of nitrogens with two attached hydrogens (primary N) is 1. The summed E-state index contributed by atoms with van der Waals surface area (Å²) < 4.78 is 50.7. The summed E-state index contributed by atoms with van der Waals surface area (Å²) in [5.41, 5.74) is 4.20. The monoisotopic (exact) mass is 263 g/mol. The third-order valence-electron chi connectivity index (χ3n) is 2.68. The standard InChI is InChI=1S/C12H13F4NO/c1-2-11(18)9(6-17)8-4-3-7(5-10(8)13)12(14,15)16/h3-5,9H,2,6,17H2,1H3/t9-/m1/s1. The van der Waals surface area contributed by atoms with E-state index in [1.165, 1.54) is 0 Å². The zero-order valence-electron chi connectivity index (χ0n) is 9.72. The van der Waals surface area contributed by atoms with Gasteiger partial charge in [0.05, 0.1) is 11.5 Å². The van der Waals surface area contributed by atoms with E-state index in [2.05, 4.69) is 0 Å². The number of halogens is 4. The normalized spacial score (nSPS) is 13.4. The number of Topliss-reactive ketones (excluding diaryl/α,β-unsaturated/α-hetero) is 1. The van der Waals surface area contributed by atoms with E-state index >= 15 is 0 Å². The van der Waals surface area contributed by atoms with E-state index in [0.717, 1.165) is 12.1 Å². The highest BCUT2D eigenvalue weighted by atomic mass is 19.4. The topological polar surface area (TPSA) is 43.1 Å². The van der Waals surface area contributed by atoms with Crippen molar-refractivity contribution in [2.24, 2.45) is 5.73 Å². The van der Waals surface area contributed by atoms with Gasteiger partial charge in [0.1, 0.15) is 11.6 Å². The number of hydrogen-bond acceptors (Lipinski definition) is 2. The first kappa shape index (κ1) is 14.6. The van der Waals surface area contributed by atoms with Gasteiger partial charge in [-0.2, -0.15) is 13.2 Å². The van der Waals surface area contributed by atoms with E-state index in [-0.39, 0.29) is 24.3 Å². The van der Waals surface area contributed by atoms with Crippen LogP contribution >= 0.6 is 0 Å². The lowest BCUT2D eigenvalue weighted by molar-refractivity contribution is -0.137. The zero-order chi connectivity index (χ0) is 13.9. The zero-order valence-corrected chi connectivity index (χ0v) is 9.72. The second kappa shape index (κ2) is 5.48. The first-order valence-corrected chi connectivity index (χ1v) is 5.40. The van der Waals surface area contributed by atoms with Crippen molar-refractivity contribution in [3.05, 3.63) is 35.1 Å². The van der Waals surface area contributed by atoms with Gasteiger partial charge in [-0.05, 0) is 17.7 Å². The Bertz CT molecular complexity index is 442. The minimum absolute atomic E-state index is 0.0858. The van der Waals surface area contributed by atoms with Crippen LogP contribution < -0.4 is 5.73 Å². The maximum Gasteiger partial charge on any atom is 0.416 e. The van der Waals surface area contributed by atoms with Gasteiger partial charge in [0.15, 0.2) is 0 Å². The summed E-state index contributed by atoms with van der Waals surface area (Å²) in [7, 11) is 0. The lowest BCUT2D eigenvalue weighted by atomic mass is 9.92. The molecule has 0 bridgehead atoms. The van der Waals surface area contributed by atoms with Crippen LogP contribution in [0.3, 0.4) is 0 Å². The summed E-state index contributed by atoms with van der Waals surface area (Å²) in [6.45, 7) is 1.46. The Morgan fingerprint density at radius 3 is 2.39 bits per heavy atom. The van der Waals surface area contributed by atoms with Gasteiger partial charge in [-0.15, -0.1) is 0 Å². The van der Waals surface area contributed by atoms with Crippen molar-refractivity contribution >= 4 is 5.78 Å².